The van der Waals surface area contributed by atoms with E-state index in [0.717, 1.165) is 6.42 Å². The highest BCUT2D eigenvalue weighted by molar-refractivity contribution is 5.92. The number of nitrogens with zero attached hydrogens (tertiary/aromatic N) is 1. The molecule has 1 heterocycles. The molecule has 0 atom stereocenters. The van der Waals surface area contributed by atoms with Gasteiger partial charge in [0, 0.05) is 26.1 Å². The Morgan fingerprint density at radius 3 is 2.81 bits per heavy atom. The van der Waals surface area contributed by atoms with Crippen molar-refractivity contribution in [3.63, 3.8) is 0 Å². The highest BCUT2D eigenvalue weighted by Crippen LogP contribution is 2.07. The zero-order valence-electron chi connectivity index (χ0n) is 10.2. The molecule has 0 aliphatic rings. The molecule has 0 aliphatic carbocycles. The van der Waals surface area contributed by atoms with E-state index in [9.17, 15) is 4.79 Å². The molecule has 0 saturated heterocycles. The van der Waals surface area contributed by atoms with Gasteiger partial charge in [0.15, 0.2) is 5.69 Å². The number of methoxy groups -OCH3 is 1. The predicted molar refractivity (Wildman–Crippen MR) is 59.3 cm³/mol. The molecule has 90 valence electrons. The molecular formula is C11H18N2O3. The highest BCUT2D eigenvalue weighted by Gasteiger charge is 2.19. The summed E-state index contributed by atoms with van der Waals surface area (Å²) in [7, 11) is 1.61. The molecule has 0 radical (unpaired) electrons. The average Bonchev–Trinajstić information content (AvgIpc) is 2.74. The highest BCUT2D eigenvalue weighted by atomic mass is 16.5. The molecule has 1 aromatic heterocycles. The van der Waals surface area contributed by atoms with E-state index in [0.29, 0.717) is 18.0 Å². The fraction of sp³-hybridized carbons (Fsp3) is 0.636. The van der Waals surface area contributed by atoms with Crippen LogP contribution in [0.25, 0.3) is 0 Å². The Hall–Kier alpha value is -1.36. The maximum Gasteiger partial charge on any atom is 0.273 e. The summed E-state index contributed by atoms with van der Waals surface area (Å²) in [6.45, 7) is 6.16. The lowest BCUT2D eigenvalue weighted by molar-refractivity contribution is 0.0228. The number of nitrogens with one attached hydrogen (secondary N) is 1. The summed E-state index contributed by atoms with van der Waals surface area (Å²) in [6.07, 6.45) is 0.726. The Morgan fingerprint density at radius 2 is 2.31 bits per heavy atom. The van der Waals surface area contributed by atoms with Crippen LogP contribution in [0.1, 0.15) is 37.0 Å². The molecule has 5 nitrogen and oxygen atoms in total. The van der Waals surface area contributed by atoms with Crippen LogP contribution in [0.4, 0.5) is 0 Å². The molecule has 0 bridgehead atoms. The van der Waals surface area contributed by atoms with E-state index in [1.54, 1.807) is 13.2 Å². The molecule has 0 fully saturated rings. The van der Waals surface area contributed by atoms with Crippen molar-refractivity contribution in [3.8, 4) is 0 Å². The SMILES string of the molecule is CCc1cc(C(=O)NCC(C)(C)OC)no1. The second kappa shape index (κ2) is 5.12. The number of amides is 1. The first-order valence-corrected chi connectivity index (χ1v) is 5.27. The fourth-order valence-corrected chi connectivity index (χ4v) is 1.04. The smallest absolute Gasteiger partial charge is 0.273 e. The number of rotatable bonds is 5. The number of carbonyl (C=O) groups is 1. The predicted octanol–water partition coefficient (Wildman–Crippen LogP) is 1.39. The van der Waals surface area contributed by atoms with Gasteiger partial charge in [-0.3, -0.25) is 4.79 Å². The summed E-state index contributed by atoms with van der Waals surface area (Å²) >= 11 is 0. The van der Waals surface area contributed by atoms with E-state index in [2.05, 4.69) is 10.5 Å². The van der Waals surface area contributed by atoms with E-state index in [4.69, 9.17) is 9.26 Å². The van der Waals surface area contributed by atoms with Crippen molar-refractivity contribution >= 4 is 5.91 Å². The van der Waals surface area contributed by atoms with Crippen LogP contribution >= 0.6 is 0 Å². The lowest BCUT2D eigenvalue weighted by Gasteiger charge is -2.22. The number of carbonyl (C=O) groups excluding carboxylic acids is 1. The lowest BCUT2D eigenvalue weighted by Crippen LogP contribution is -2.39. The van der Waals surface area contributed by atoms with Crippen LogP contribution in [0, 0.1) is 0 Å². The molecule has 0 aliphatic heterocycles. The quantitative estimate of drug-likeness (QED) is 0.824. The molecule has 1 amide bonds. The van der Waals surface area contributed by atoms with Gasteiger partial charge in [-0.2, -0.15) is 0 Å². The minimum atomic E-state index is -0.382. The zero-order valence-corrected chi connectivity index (χ0v) is 10.2. The van der Waals surface area contributed by atoms with Crippen molar-refractivity contribution in [2.45, 2.75) is 32.8 Å². The van der Waals surface area contributed by atoms with Gasteiger partial charge in [0.1, 0.15) is 5.76 Å². The number of aryl methyl sites for hydroxylation is 1. The standard InChI is InChI=1S/C11H18N2O3/c1-5-8-6-9(13-16-8)10(14)12-7-11(2,3)15-4/h6H,5,7H2,1-4H3,(H,12,14). The maximum absolute atomic E-state index is 11.6. The Balaban J connectivity index is 2.53. The number of hydrogen-bond acceptors (Lipinski definition) is 4. The topological polar surface area (TPSA) is 64.4 Å². The first-order valence-electron chi connectivity index (χ1n) is 5.27. The van der Waals surface area contributed by atoms with Crippen LogP contribution in [0.3, 0.4) is 0 Å². The van der Waals surface area contributed by atoms with Crippen molar-refractivity contribution in [1.29, 1.82) is 0 Å². The van der Waals surface area contributed by atoms with Crippen LogP contribution in [0.5, 0.6) is 0 Å². The summed E-state index contributed by atoms with van der Waals surface area (Å²) in [5.41, 5.74) is -0.0729. The van der Waals surface area contributed by atoms with Crippen molar-refractivity contribution in [3.05, 3.63) is 17.5 Å². The van der Waals surface area contributed by atoms with E-state index >= 15 is 0 Å². The molecule has 0 unspecified atom stereocenters. The first kappa shape index (κ1) is 12.7. The molecule has 0 saturated carbocycles. The van der Waals surface area contributed by atoms with Crippen molar-refractivity contribution in [2.75, 3.05) is 13.7 Å². The molecule has 1 N–H and O–H groups in total. The average molecular weight is 226 g/mol. The van der Waals surface area contributed by atoms with Crippen molar-refractivity contribution < 1.29 is 14.1 Å². The molecule has 0 spiro atoms. The number of aromatic nitrogens is 1. The van der Waals surface area contributed by atoms with Gasteiger partial charge in [-0.25, -0.2) is 0 Å². The summed E-state index contributed by atoms with van der Waals surface area (Å²) in [5.74, 6) is 0.463. The lowest BCUT2D eigenvalue weighted by atomic mass is 10.1. The normalized spacial score (nSPS) is 11.5. The molecule has 16 heavy (non-hydrogen) atoms. The van der Waals surface area contributed by atoms with Crippen molar-refractivity contribution in [1.82, 2.24) is 10.5 Å². The molecule has 1 rings (SSSR count). The molecule has 0 aromatic carbocycles. The van der Waals surface area contributed by atoms with Crippen LogP contribution in [0.2, 0.25) is 0 Å². The van der Waals surface area contributed by atoms with E-state index in [1.807, 2.05) is 20.8 Å². The third-order valence-corrected chi connectivity index (χ3v) is 2.37. The third kappa shape index (κ3) is 3.34. The Morgan fingerprint density at radius 1 is 1.62 bits per heavy atom. The minimum absolute atomic E-state index is 0.242. The largest absolute Gasteiger partial charge is 0.377 e. The van der Waals surface area contributed by atoms with Crippen molar-refractivity contribution in [2.24, 2.45) is 0 Å². The van der Waals surface area contributed by atoms with Gasteiger partial charge >= 0.3 is 0 Å². The van der Waals surface area contributed by atoms with E-state index in [-0.39, 0.29) is 11.5 Å². The Kier molecular flexibility index (Phi) is 4.06. The summed E-state index contributed by atoms with van der Waals surface area (Å²) in [6, 6.07) is 1.65. The second-order valence-corrected chi connectivity index (χ2v) is 4.18. The summed E-state index contributed by atoms with van der Waals surface area (Å²) < 4.78 is 10.1. The first-order chi connectivity index (χ1) is 7.48. The summed E-state index contributed by atoms with van der Waals surface area (Å²) in [5, 5.41) is 6.43. The van der Waals surface area contributed by atoms with Crippen LogP contribution in [0.15, 0.2) is 10.6 Å². The zero-order chi connectivity index (χ0) is 12.2. The van der Waals surface area contributed by atoms with Gasteiger partial charge in [0.05, 0.1) is 5.60 Å². The van der Waals surface area contributed by atoms with Crippen LogP contribution in [-0.2, 0) is 11.2 Å². The van der Waals surface area contributed by atoms with Gasteiger partial charge in [0.2, 0.25) is 0 Å². The number of hydrogen-bond donors (Lipinski definition) is 1. The van der Waals surface area contributed by atoms with Crippen LogP contribution in [-0.4, -0.2) is 30.3 Å². The third-order valence-electron chi connectivity index (χ3n) is 2.37. The van der Waals surface area contributed by atoms with Crippen LogP contribution < -0.4 is 5.32 Å². The second-order valence-electron chi connectivity index (χ2n) is 4.18. The van der Waals surface area contributed by atoms with Gasteiger partial charge in [-0.05, 0) is 13.8 Å². The van der Waals surface area contributed by atoms with E-state index in [1.165, 1.54) is 0 Å². The Bertz CT molecular complexity index is 358. The van der Waals surface area contributed by atoms with E-state index < -0.39 is 0 Å². The minimum Gasteiger partial charge on any atom is -0.377 e. The number of ether oxygens (including phenoxy) is 1. The molecule has 1 aromatic rings. The monoisotopic (exact) mass is 226 g/mol. The maximum atomic E-state index is 11.6. The molecular weight excluding hydrogens is 208 g/mol. The van der Waals surface area contributed by atoms with Gasteiger partial charge in [-0.15, -0.1) is 0 Å². The summed E-state index contributed by atoms with van der Waals surface area (Å²) in [4.78, 5) is 11.6. The fourth-order valence-electron chi connectivity index (χ4n) is 1.04. The van der Waals surface area contributed by atoms with Gasteiger partial charge < -0.3 is 14.6 Å². The molecule has 5 heteroatoms. The Labute approximate surface area is 95.1 Å². The van der Waals surface area contributed by atoms with Gasteiger partial charge in [-0.1, -0.05) is 12.1 Å². The van der Waals surface area contributed by atoms with Gasteiger partial charge in [0.25, 0.3) is 5.91 Å².